The third kappa shape index (κ3) is 5.89. The number of aromatic amines is 1. The molecule has 1 aromatic heterocycles. The lowest BCUT2D eigenvalue weighted by Crippen LogP contribution is -2.19. The largest absolute Gasteiger partial charge is 0.495 e. The summed E-state index contributed by atoms with van der Waals surface area (Å²) in [6.45, 7) is 0. The maximum atomic E-state index is 13.4. The molecule has 0 radical (unpaired) electrons. The number of carbonyl (C=O) groups excluding carboxylic acids is 2. The number of rotatable bonds is 7. The van der Waals surface area contributed by atoms with E-state index in [0.29, 0.717) is 32.6 Å². The summed E-state index contributed by atoms with van der Waals surface area (Å²) in [6, 6.07) is 25.6. The van der Waals surface area contributed by atoms with Crippen LogP contribution >= 0.6 is 47.8 Å². The summed E-state index contributed by atoms with van der Waals surface area (Å²) < 4.78 is 13.3. The highest BCUT2D eigenvalue weighted by Crippen LogP contribution is 2.37. The zero-order valence-corrected chi connectivity index (χ0v) is 25.6. The molecule has 0 aliphatic heterocycles. The number of halogens is 3. The number of esters is 1. The minimum atomic E-state index is -0.534. The van der Waals surface area contributed by atoms with E-state index in [1.54, 1.807) is 43.5 Å². The third-order valence-corrected chi connectivity index (χ3v) is 7.56. The molecule has 4 aromatic carbocycles. The molecule has 200 valence electrons. The van der Waals surface area contributed by atoms with E-state index in [1.165, 1.54) is 6.21 Å². The lowest BCUT2D eigenvalue weighted by Gasteiger charge is -2.11. The van der Waals surface area contributed by atoms with E-state index in [1.807, 2.05) is 48.5 Å². The molecule has 0 saturated carbocycles. The second-order valence-electron chi connectivity index (χ2n) is 8.53. The van der Waals surface area contributed by atoms with Crippen molar-refractivity contribution in [2.24, 2.45) is 5.10 Å². The third-order valence-electron chi connectivity index (χ3n) is 5.99. The predicted molar refractivity (Wildman–Crippen MR) is 166 cm³/mol. The fourth-order valence-electron chi connectivity index (χ4n) is 4.17. The Balaban J connectivity index is 1.45. The number of hydrazone groups is 1. The fraction of sp³-hybridized carbons (Fsp3) is 0.0333. The molecule has 5 rings (SSSR count). The average molecular weight is 726 g/mol. The Kier molecular flexibility index (Phi) is 8.49. The van der Waals surface area contributed by atoms with Gasteiger partial charge in [0.15, 0.2) is 5.75 Å². The summed E-state index contributed by atoms with van der Waals surface area (Å²) >= 11 is 10.3. The summed E-state index contributed by atoms with van der Waals surface area (Å²) in [5.41, 5.74) is 6.09. The van der Waals surface area contributed by atoms with Crippen LogP contribution in [0.15, 0.2) is 103 Å². The second kappa shape index (κ2) is 12.2. The van der Waals surface area contributed by atoms with Gasteiger partial charge in [0.05, 0.1) is 28.9 Å². The van der Waals surface area contributed by atoms with Gasteiger partial charge >= 0.3 is 5.97 Å². The number of fused-ring (bicyclic) bond motifs is 1. The first-order valence-corrected chi connectivity index (χ1v) is 14.3. The van der Waals surface area contributed by atoms with Crippen LogP contribution in [0.5, 0.6) is 11.5 Å². The lowest BCUT2D eigenvalue weighted by molar-refractivity contribution is 0.0733. The van der Waals surface area contributed by atoms with Crippen molar-refractivity contribution in [3.05, 3.63) is 115 Å². The van der Waals surface area contributed by atoms with E-state index < -0.39 is 11.9 Å². The Hall–Kier alpha value is -3.73. The molecule has 5 aromatic rings. The number of para-hydroxylation sites is 1. The van der Waals surface area contributed by atoms with Gasteiger partial charge in [-0.3, -0.25) is 4.79 Å². The molecule has 0 aliphatic rings. The van der Waals surface area contributed by atoms with Crippen molar-refractivity contribution in [2.75, 3.05) is 7.11 Å². The van der Waals surface area contributed by atoms with E-state index in [0.717, 1.165) is 25.5 Å². The van der Waals surface area contributed by atoms with E-state index in [-0.39, 0.29) is 5.75 Å². The number of aromatic nitrogens is 1. The van der Waals surface area contributed by atoms with E-state index >= 15 is 0 Å². The van der Waals surface area contributed by atoms with Gasteiger partial charge in [-0.1, -0.05) is 74.3 Å². The van der Waals surface area contributed by atoms with Crippen LogP contribution in [0.25, 0.3) is 22.0 Å². The molecule has 0 unspecified atom stereocenters. The first-order valence-electron chi connectivity index (χ1n) is 11.9. The summed E-state index contributed by atoms with van der Waals surface area (Å²) in [4.78, 5) is 29.4. The van der Waals surface area contributed by atoms with Crippen molar-refractivity contribution in [1.29, 1.82) is 0 Å². The SMILES string of the molecule is COc1cccc2c(-c3ccccc3)c(C(=O)NN=Cc3cc(Br)cc(Br)c3OC(=O)c3ccc(Br)cc3)[nH]c12. The van der Waals surface area contributed by atoms with Crippen LogP contribution in [0.2, 0.25) is 0 Å². The standard InChI is InChI=1S/C30H20Br3N3O4/c1-39-24-9-5-8-22-25(17-6-3-2-4-7-17)27(35-26(22)24)29(37)36-34-16-19-14-21(32)15-23(33)28(19)40-30(38)18-10-12-20(31)13-11-18/h2-16,35H,1H3,(H,36,37). The zero-order valence-electron chi connectivity index (χ0n) is 20.9. The molecule has 0 spiro atoms. The maximum Gasteiger partial charge on any atom is 0.343 e. The van der Waals surface area contributed by atoms with Crippen LogP contribution in [0.1, 0.15) is 26.4 Å². The Morgan fingerprint density at radius 2 is 1.65 bits per heavy atom. The number of amides is 1. The van der Waals surface area contributed by atoms with Gasteiger partial charge in [-0.15, -0.1) is 0 Å². The number of nitrogens with zero attached hydrogens (tertiary/aromatic N) is 1. The number of H-pyrrole nitrogens is 1. The first-order chi connectivity index (χ1) is 19.4. The Morgan fingerprint density at radius 1 is 0.900 bits per heavy atom. The minimum Gasteiger partial charge on any atom is -0.495 e. The number of methoxy groups -OCH3 is 1. The second-order valence-corrected chi connectivity index (χ2v) is 11.2. The van der Waals surface area contributed by atoms with Crippen molar-refractivity contribution in [3.8, 4) is 22.6 Å². The summed E-state index contributed by atoms with van der Waals surface area (Å²) in [5, 5.41) is 5.03. The van der Waals surface area contributed by atoms with Crippen LogP contribution < -0.4 is 14.9 Å². The van der Waals surface area contributed by atoms with Crippen LogP contribution in [-0.2, 0) is 0 Å². The van der Waals surface area contributed by atoms with Crippen LogP contribution in [0, 0.1) is 0 Å². The van der Waals surface area contributed by atoms with Gasteiger partial charge in [-0.2, -0.15) is 5.10 Å². The molecular weight excluding hydrogens is 706 g/mol. The lowest BCUT2D eigenvalue weighted by atomic mass is 10.0. The van der Waals surface area contributed by atoms with Crippen molar-refractivity contribution in [3.63, 3.8) is 0 Å². The highest BCUT2D eigenvalue weighted by atomic mass is 79.9. The summed E-state index contributed by atoms with van der Waals surface area (Å²) in [5.74, 6) is -0.104. The smallest absolute Gasteiger partial charge is 0.343 e. The molecule has 2 N–H and O–H groups in total. The average Bonchev–Trinajstić information content (AvgIpc) is 3.35. The molecule has 1 heterocycles. The van der Waals surface area contributed by atoms with Gasteiger partial charge in [0.1, 0.15) is 11.4 Å². The Morgan fingerprint density at radius 3 is 2.38 bits per heavy atom. The predicted octanol–water partition coefficient (Wildman–Crippen LogP) is 8.11. The number of hydrogen-bond donors (Lipinski definition) is 2. The number of benzene rings is 4. The minimum absolute atomic E-state index is 0.259. The van der Waals surface area contributed by atoms with Gasteiger partial charge in [-0.25, -0.2) is 10.2 Å². The molecule has 0 aliphatic carbocycles. The Bertz CT molecular complexity index is 1750. The maximum absolute atomic E-state index is 13.4. The molecule has 0 fully saturated rings. The van der Waals surface area contributed by atoms with E-state index in [2.05, 4.69) is 63.3 Å². The molecule has 0 bridgehead atoms. The Labute approximate surface area is 255 Å². The quantitative estimate of drug-likeness (QED) is 0.0768. The van der Waals surface area contributed by atoms with Gasteiger partial charge in [0.25, 0.3) is 5.91 Å². The topological polar surface area (TPSA) is 92.8 Å². The highest BCUT2D eigenvalue weighted by Gasteiger charge is 2.21. The monoisotopic (exact) mass is 723 g/mol. The zero-order chi connectivity index (χ0) is 28.2. The highest BCUT2D eigenvalue weighted by molar-refractivity contribution is 9.11. The molecule has 40 heavy (non-hydrogen) atoms. The summed E-state index contributed by atoms with van der Waals surface area (Å²) in [7, 11) is 1.58. The van der Waals surface area contributed by atoms with Crippen molar-refractivity contribution in [1.82, 2.24) is 10.4 Å². The number of ether oxygens (including phenoxy) is 2. The van der Waals surface area contributed by atoms with Gasteiger partial charge < -0.3 is 14.5 Å². The van der Waals surface area contributed by atoms with Crippen molar-refractivity contribution in [2.45, 2.75) is 0 Å². The van der Waals surface area contributed by atoms with E-state index in [9.17, 15) is 9.59 Å². The molecular formula is C30H20Br3N3O4. The van der Waals surface area contributed by atoms with Gasteiger partial charge in [0, 0.05) is 25.5 Å². The van der Waals surface area contributed by atoms with Crippen molar-refractivity contribution < 1.29 is 19.1 Å². The number of nitrogens with one attached hydrogen (secondary N) is 2. The van der Waals surface area contributed by atoms with Crippen LogP contribution in [-0.4, -0.2) is 30.2 Å². The molecule has 7 nitrogen and oxygen atoms in total. The van der Waals surface area contributed by atoms with Crippen LogP contribution in [0.3, 0.4) is 0 Å². The van der Waals surface area contributed by atoms with Gasteiger partial charge in [0.2, 0.25) is 0 Å². The van der Waals surface area contributed by atoms with Crippen LogP contribution in [0.4, 0.5) is 0 Å². The van der Waals surface area contributed by atoms with E-state index in [4.69, 9.17) is 9.47 Å². The fourth-order valence-corrected chi connectivity index (χ4v) is 5.78. The van der Waals surface area contributed by atoms with Gasteiger partial charge in [-0.05, 0) is 64.0 Å². The first kappa shape index (κ1) is 27.8. The number of hydrogen-bond acceptors (Lipinski definition) is 5. The molecule has 0 saturated heterocycles. The van der Waals surface area contributed by atoms with Crippen molar-refractivity contribution >= 4 is 76.8 Å². The summed E-state index contributed by atoms with van der Waals surface area (Å²) in [6.07, 6.45) is 1.42. The normalized spacial score (nSPS) is 11.1. The molecule has 10 heteroatoms. The number of carbonyl (C=O) groups is 2. The molecule has 0 atom stereocenters. The molecule has 1 amide bonds.